The zero-order chi connectivity index (χ0) is 5.15. The molecule has 0 aromatic rings. The zero-order valence-corrected chi connectivity index (χ0v) is 3.60. The fraction of sp³-hybridized carbons (Fsp3) is 0.500. The van der Waals surface area contributed by atoms with Crippen molar-refractivity contribution in [1.29, 1.82) is 5.41 Å². The van der Waals surface area contributed by atoms with Crippen LogP contribution in [0.25, 0.3) is 0 Å². The fourth-order valence-electron chi connectivity index (χ4n) is 0. The van der Waals surface area contributed by atoms with E-state index < -0.39 is 0 Å². The van der Waals surface area contributed by atoms with Gasteiger partial charge in [-0.1, -0.05) is 0 Å². The molecule has 0 saturated carbocycles. The molecule has 0 unspecified atom stereocenters. The van der Waals surface area contributed by atoms with E-state index in [1.807, 2.05) is 0 Å². The molecule has 4 nitrogen and oxygen atoms in total. The largest absolute Gasteiger partial charge is 0.286 e. The third kappa shape index (κ3) is 1.68. The first-order valence-electron chi connectivity index (χ1n) is 1.49. The summed E-state index contributed by atoms with van der Waals surface area (Å²) in [6.07, 6.45) is 0. The highest BCUT2D eigenvalue weighted by molar-refractivity contribution is 5.74. The Labute approximate surface area is 36.2 Å². The van der Waals surface area contributed by atoms with Crippen molar-refractivity contribution in [1.82, 2.24) is 5.12 Å². The molecule has 0 aromatic carbocycles. The van der Waals surface area contributed by atoms with Gasteiger partial charge in [0, 0.05) is 0 Å². The summed E-state index contributed by atoms with van der Waals surface area (Å²) < 4.78 is 0. The normalized spacial score (nSPS) is 7.83. The van der Waals surface area contributed by atoms with Crippen molar-refractivity contribution >= 4 is 5.84 Å². The van der Waals surface area contributed by atoms with Gasteiger partial charge in [-0.15, -0.1) is 0 Å². The molecule has 0 rings (SSSR count). The molecule has 0 aromatic heterocycles. The van der Waals surface area contributed by atoms with E-state index in [-0.39, 0.29) is 5.84 Å². The number of hydrogen-bond donors (Lipinski definition) is 3. The SMILES string of the molecule is CC(=N)N(N)N. The summed E-state index contributed by atoms with van der Waals surface area (Å²) >= 11 is 0. The maximum atomic E-state index is 6.62. The molecule has 0 aliphatic heterocycles. The zero-order valence-electron chi connectivity index (χ0n) is 3.60. The molecule has 0 aliphatic carbocycles. The molecular weight excluding hydrogens is 80.0 g/mol. The van der Waals surface area contributed by atoms with Crippen molar-refractivity contribution in [2.75, 3.05) is 0 Å². The van der Waals surface area contributed by atoms with Crippen molar-refractivity contribution in [3.05, 3.63) is 0 Å². The highest BCUT2D eigenvalue weighted by atomic mass is 15.6. The van der Waals surface area contributed by atoms with Gasteiger partial charge in [0.15, 0.2) is 0 Å². The minimum Gasteiger partial charge on any atom is -0.286 e. The fourth-order valence-corrected chi connectivity index (χ4v) is 0. The second kappa shape index (κ2) is 1.74. The van der Waals surface area contributed by atoms with Gasteiger partial charge in [0.1, 0.15) is 5.84 Å². The minimum atomic E-state index is 0.148. The van der Waals surface area contributed by atoms with Crippen molar-refractivity contribution in [2.45, 2.75) is 6.92 Å². The van der Waals surface area contributed by atoms with Gasteiger partial charge < -0.3 is 0 Å². The van der Waals surface area contributed by atoms with Crippen LogP contribution < -0.4 is 11.7 Å². The number of amidine groups is 1. The van der Waals surface area contributed by atoms with E-state index in [0.29, 0.717) is 0 Å². The average Bonchev–Trinajstić information content (AvgIpc) is 1.36. The standard InChI is InChI=1S/C2H8N4/c1-2(3)6(4)5/h3H,4-5H2,1H3. The smallest absolute Gasteiger partial charge is 0.124 e. The van der Waals surface area contributed by atoms with Crippen molar-refractivity contribution in [3.63, 3.8) is 0 Å². The molecule has 0 saturated heterocycles. The van der Waals surface area contributed by atoms with Crippen molar-refractivity contribution < 1.29 is 0 Å². The molecule has 36 valence electrons. The maximum absolute atomic E-state index is 6.62. The Hall–Kier alpha value is -0.610. The second-order valence-corrected chi connectivity index (χ2v) is 0.993. The Balaban J connectivity index is 3.26. The van der Waals surface area contributed by atoms with E-state index in [2.05, 4.69) is 0 Å². The van der Waals surface area contributed by atoms with Gasteiger partial charge in [-0.3, -0.25) is 5.41 Å². The van der Waals surface area contributed by atoms with Gasteiger partial charge >= 0.3 is 0 Å². The number of hydrazine groups is 2. The summed E-state index contributed by atoms with van der Waals surface area (Å²) in [5.41, 5.74) is 0. The van der Waals surface area contributed by atoms with E-state index >= 15 is 0 Å². The lowest BCUT2D eigenvalue weighted by atomic mass is 10.7. The van der Waals surface area contributed by atoms with Crippen LogP contribution in [-0.2, 0) is 0 Å². The Morgan fingerprint density at radius 2 is 1.83 bits per heavy atom. The molecule has 6 heavy (non-hydrogen) atoms. The van der Waals surface area contributed by atoms with Gasteiger partial charge in [0.25, 0.3) is 0 Å². The summed E-state index contributed by atoms with van der Waals surface area (Å²) in [5.74, 6) is 9.79. The molecular formula is C2H8N4. The molecule has 0 amide bonds. The van der Waals surface area contributed by atoms with Crippen LogP contribution in [0.4, 0.5) is 0 Å². The Bertz CT molecular complexity index is 56.6. The van der Waals surface area contributed by atoms with Gasteiger partial charge in [-0.2, -0.15) is 0 Å². The molecule has 0 heterocycles. The first kappa shape index (κ1) is 5.39. The summed E-state index contributed by atoms with van der Waals surface area (Å²) in [6.45, 7) is 1.50. The predicted octanol–water partition coefficient (Wildman–Crippen LogP) is -0.967. The molecule has 0 aliphatic rings. The molecule has 0 fully saturated rings. The lowest BCUT2D eigenvalue weighted by Gasteiger charge is -2.05. The summed E-state index contributed by atoms with van der Waals surface area (Å²) in [7, 11) is 0. The Morgan fingerprint density at radius 1 is 1.67 bits per heavy atom. The predicted molar refractivity (Wildman–Crippen MR) is 23.6 cm³/mol. The molecule has 0 radical (unpaired) electrons. The van der Waals surface area contributed by atoms with Gasteiger partial charge in [0.05, 0.1) is 0 Å². The van der Waals surface area contributed by atoms with E-state index in [9.17, 15) is 0 Å². The topological polar surface area (TPSA) is 79.1 Å². The van der Waals surface area contributed by atoms with Crippen LogP contribution in [0.2, 0.25) is 0 Å². The number of nitrogens with zero attached hydrogens (tertiary/aromatic N) is 1. The summed E-state index contributed by atoms with van der Waals surface area (Å²) in [6, 6.07) is 0. The molecule has 0 bridgehead atoms. The van der Waals surface area contributed by atoms with Crippen LogP contribution in [0.3, 0.4) is 0 Å². The lowest BCUT2D eigenvalue weighted by molar-refractivity contribution is 0.459. The van der Waals surface area contributed by atoms with Gasteiger partial charge in [-0.25, -0.2) is 16.8 Å². The van der Waals surface area contributed by atoms with Crippen molar-refractivity contribution in [3.8, 4) is 0 Å². The van der Waals surface area contributed by atoms with Crippen LogP contribution in [0.1, 0.15) is 6.92 Å². The van der Waals surface area contributed by atoms with Gasteiger partial charge in [-0.05, 0) is 6.92 Å². The lowest BCUT2D eigenvalue weighted by Crippen LogP contribution is -2.41. The third-order valence-electron chi connectivity index (χ3n) is 0.387. The van der Waals surface area contributed by atoms with E-state index in [0.717, 1.165) is 5.12 Å². The van der Waals surface area contributed by atoms with Crippen LogP contribution in [0.15, 0.2) is 0 Å². The highest BCUT2D eigenvalue weighted by Crippen LogP contribution is 1.60. The number of rotatable bonds is 0. The number of nitrogens with one attached hydrogen (secondary N) is 1. The Morgan fingerprint density at radius 3 is 1.83 bits per heavy atom. The third-order valence-corrected chi connectivity index (χ3v) is 0.387. The maximum Gasteiger partial charge on any atom is 0.124 e. The second-order valence-electron chi connectivity index (χ2n) is 0.993. The summed E-state index contributed by atoms with van der Waals surface area (Å²) in [4.78, 5) is 0. The molecule has 0 spiro atoms. The quantitative estimate of drug-likeness (QED) is 0.154. The highest BCUT2D eigenvalue weighted by Gasteiger charge is 1.83. The first-order chi connectivity index (χ1) is 2.64. The van der Waals surface area contributed by atoms with Gasteiger partial charge in [0.2, 0.25) is 0 Å². The number of nitrogens with two attached hydrogens (primary N) is 2. The van der Waals surface area contributed by atoms with E-state index in [1.165, 1.54) is 6.92 Å². The van der Waals surface area contributed by atoms with Crippen LogP contribution >= 0.6 is 0 Å². The van der Waals surface area contributed by atoms with E-state index in [4.69, 9.17) is 17.1 Å². The van der Waals surface area contributed by atoms with Crippen molar-refractivity contribution in [2.24, 2.45) is 11.7 Å². The first-order valence-corrected chi connectivity index (χ1v) is 1.49. The Kier molecular flexibility index (Phi) is 1.56. The van der Waals surface area contributed by atoms with E-state index in [1.54, 1.807) is 0 Å². The molecule has 4 heteroatoms. The number of hydrogen-bond acceptors (Lipinski definition) is 3. The van der Waals surface area contributed by atoms with Crippen LogP contribution in [0, 0.1) is 5.41 Å². The summed E-state index contributed by atoms with van der Waals surface area (Å²) in [5, 5.41) is 7.38. The van der Waals surface area contributed by atoms with Crippen LogP contribution in [-0.4, -0.2) is 11.0 Å². The average molecular weight is 88.1 g/mol. The van der Waals surface area contributed by atoms with Crippen LogP contribution in [0.5, 0.6) is 0 Å². The molecule has 5 N–H and O–H groups in total. The minimum absolute atomic E-state index is 0.148. The molecule has 0 atom stereocenters. The monoisotopic (exact) mass is 88.1 g/mol.